The van der Waals surface area contributed by atoms with Gasteiger partial charge in [0, 0.05) is 22.7 Å². The molecule has 4 rings (SSSR count). The highest BCUT2D eigenvalue weighted by Crippen LogP contribution is 2.29. The number of carbonyl (C=O) groups excluding carboxylic acids is 3. The fourth-order valence-corrected chi connectivity index (χ4v) is 3.51. The first-order chi connectivity index (χ1) is 16.7. The van der Waals surface area contributed by atoms with Gasteiger partial charge in [0.2, 0.25) is 0 Å². The van der Waals surface area contributed by atoms with E-state index in [0.717, 1.165) is 4.90 Å². The number of phenolic OH excluding ortho intramolecular Hbond substituents is 1. The number of nitrogens with one attached hydrogen (secondary N) is 1. The Balaban J connectivity index is 1.65. The van der Waals surface area contributed by atoms with Gasteiger partial charge in [0.15, 0.2) is 0 Å². The topological polar surface area (TPSA) is 139 Å². The van der Waals surface area contributed by atoms with Crippen molar-refractivity contribution in [3.8, 4) is 11.5 Å². The number of hydrogen-bond donors (Lipinski definition) is 2. The molecule has 0 aromatic heterocycles. The molecule has 1 fully saturated rings. The SMILES string of the molecule is O=C1NC(=O)N(c2ccc(O)cc2)C(=O)/C1=C/c1cc(Cl)ccc1OCc1cccc([N+](=O)[O-])c1. The molecule has 2 N–H and O–H groups in total. The summed E-state index contributed by atoms with van der Waals surface area (Å²) in [6.07, 6.45) is 1.24. The van der Waals surface area contributed by atoms with Crippen LogP contribution in [0, 0.1) is 10.1 Å². The number of halogens is 1. The molecule has 1 saturated heterocycles. The van der Waals surface area contributed by atoms with Crippen molar-refractivity contribution < 1.29 is 29.2 Å². The van der Waals surface area contributed by atoms with E-state index in [1.165, 1.54) is 60.7 Å². The zero-order valence-electron chi connectivity index (χ0n) is 17.8. The smallest absolute Gasteiger partial charge is 0.335 e. The van der Waals surface area contributed by atoms with Crippen molar-refractivity contribution in [2.45, 2.75) is 6.61 Å². The summed E-state index contributed by atoms with van der Waals surface area (Å²) in [6.45, 7) is -0.0300. The molecule has 1 heterocycles. The van der Waals surface area contributed by atoms with E-state index in [1.807, 2.05) is 0 Å². The van der Waals surface area contributed by atoms with Gasteiger partial charge in [0.25, 0.3) is 17.5 Å². The van der Waals surface area contributed by atoms with Crippen molar-refractivity contribution in [3.05, 3.63) is 98.6 Å². The van der Waals surface area contributed by atoms with Gasteiger partial charge >= 0.3 is 6.03 Å². The lowest BCUT2D eigenvalue weighted by Gasteiger charge is -2.26. The molecular formula is C24H16ClN3O7. The summed E-state index contributed by atoms with van der Waals surface area (Å²) in [6, 6.07) is 14.8. The van der Waals surface area contributed by atoms with Gasteiger partial charge in [-0.05, 0) is 54.1 Å². The average molecular weight is 494 g/mol. The molecule has 0 unspecified atom stereocenters. The second-order valence-corrected chi connectivity index (χ2v) is 7.81. The number of carbonyl (C=O) groups is 3. The minimum atomic E-state index is -0.934. The average Bonchev–Trinajstić information content (AvgIpc) is 2.82. The summed E-state index contributed by atoms with van der Waals surface area (Å²) in [5.41, 5.74) is 0.523. The van der Waals surface area contributed by atoms with Gasteiger partial charge in [-0.15, -0.1) is 0 Å². The number of rotatable bonds is 6. The Morgan fingerprint density at radius 1 is 1.06 bits per heavy atom. The third-order valence-corrected chi connectivity index (χ3v) is 5.23. The molecule has 0 spiro atoms. The Labute approximate surface area is 203 Å². The van der Waals surface area contributed by atoms with Crippen molar-refractivity contribution >= 4 is 46.9 Å². The van der Waals surface area contributed by atoms with E-state index in [4.69, 9.17) is 16.3 Å². The molecule has 176 valence electrons. The lowest BCUT2D eigenvalue weighted by Crippen LogP contribution is -2.54. The van der Waals surface area contributed by atoms with Crippen LogP contribution in [0.3, 0.4) is 0 Å². The molecule has 0 atom stereocenters. The maximum Gasteiger partial charge on any atom is 0.335 e. The van der Waals surface area contributed by atoms with Gasteiger partial charge in [-0.25, -0.2) is 9.69 Å². The molecule has 4 amide bonds. The van der Waals surface area contributed by atoms with E-state index in [0.29, 0.717) is 10.6 Å². The van der Waals surface area contributed by atoms with E-state index in [2.05, 4.69) is 5.32 Å². The Morgan fingerprint density at radius 3 is 2.51 bits per heavy atom. The highest BCUT2D eigenvalue weighted by molar-refractivity contribution is 6.39. The van der Waals surface area contributed by atoms with Gasteiger partial charge in [-0.2, -0.15) is 0 Å². The lowest BCUT2D eigenvalue weighted by atomic mass is 10.1. The van der Waals surface area contributed by atoms with Gasteiger partial charge in [-0.1, -0.05) is 23.7 Å². The van der Waals surface area contributed by atoms with Crippen LogP contribution in [-0.4, -0.2) is 27.9 Å². The monoisotopic (exact) mass is 493 g/mol. The second kappa shape index (κ2) is 9.65. The number of anilines is 1. The minimum absolute atomic E-state index is 0.0300. The molecule has 10 nitrogen and oxygen atoms in total. The van der Waals surface area contributed by atoms with Crippen molar-refractivity contribution in [2.24, 2.45) is 0 Å². The number of nitrogens with zero attached hydrogens (tertiary/aromatic N) is 2. The molecule has 0 saturated carbocycles. The number of urea groups is 1. The Kier molecular flexibility index (Phi) is 6.47. The summed E-state index contributed by atoms with van der Waals surface area (Å²) < 4.78 is 5.79. The number of nitro groups is 1. The van der Waals surface area contributed by atoms with Crippen LogP contribution in [0.1, 0.15) is 11.1 Å². The van der Waals surface area contributed by atoms with E-state index >= 15 is 0 Å². The normalized spacial score (nSPS) is 14.7. The zero-order valence-corrected chi connectivity index (χ0v) is 18.6. The first kappa shape index (κ1) is 23.5. The van der Waals surface area contributed by atoms with Crippen molar-refractivity contribution in [2.75, 3.05) is 4.90 Å². The van der Waals surface area contributed by atoms with Crippen LogP contribution in [0.4, 0.5) is 16.2 Å². The summed E-state index contributed by atoms with van der Waals surface area (Å²) in [4.78, 5) is 49.2. The number of non-ortho nitro benzene ring substituents is 1. The van der Waals surface area contributed by atoms with E-state index in [1.54, 1.807) is 12.1 Å². The number of phenols is 1. The number of benzene rings is 3. The van der Waals surface area contributed by atoms with Crippen LogP contribution >= 0.6 is 11.6 Å². The van der Waals surface area contributed by atoms with E-state index in [9.17, 15) is 29.6 Å². The van der Waals surface area contributed by atoms with Gasteiger partial charge in [-0.3, -0.25) is 25.0 Å². The fraction of sp³-hybridized carbons (Fsp3) is 0.0417. The zero-order chi connectivity index (χ0) is 25.1. The predicted octanol–water partition coefficient (Wildman–Crippen LogP) is 4.20. The molecule has 0 bridgehead atoms. The molecule has 11 heteroatoms. The van der Waals surface area contributed by atoms with Gasteiger partial charge in [0.05, 0.1) is 10.6 Å². The number of imide groups is 2. The third kappa shape index (κ3) is 5.12. The molecule has 0 radical (unpaired) electrons. The molecule has 0 aliphatic carbocycles. The summed E-state index contributed by atoms with van der Waals surface area (Å²) in [5, 5.41) is 22.9. The van der Waals surface area contributed by atoms with Crippen molar-refractivity contribution in [1.29, 1.82) is 0 Å². The number of hydrogen-bond acceptors (Lipinski definition) is 7. The second-order valence-electron chi connectivity index (χ2n) is 7.37. The summed E-state index contributed by atoms with van der Waals surface area (Å²) >= 11 is 6.11. The predicted molar refractivity (Wildman–Crippen MR) is 126 cm³/mol. The van der Waals surface area contributed by atoms with Crippen LogP contribution < -0.4 is 15.0 Å². The Hall–Kier alpha value is -4.70. The van der Waals surface area contributed by atoms with E-state index in [-0.39, 0.29) is 40.6 Å². The third-order valence-electron chi connectivity index (χ3n) is 5.00. The summed E-state index contributed by atoms with van der Waals surface area (Å²) in [7, 11) is 0. The Bertz CT molecular complexity index is 1390. The number of barbiturate groups is 1. The number of nitro benzene ring substituents is 1. The quantitative estimate of drug-likeness (QED) is 0.227. The highest BCUT2D eigenvalue weighted by Gasteiger charge is 2.37. The molecule has 3 aromatic carbocycles. The molecule has 1 aliphatic heterocycles. The van der Waals surface area contributed by atoms with Crippen LogP contribution in [0.5, 0.6) is 11.5 Å². The summed E-state index contributed by atoms with van der Waals surface area (Å²) in [5.74, 6) is -1.59. The standard InChI is InChI=1S/C24H16ClN3O7/c25-16-4-9-21(35-13-14-2-1-3-18(10-14)28(33)34)15(11-16)12-20-22(30)26-24(32)27(23(20)31)17-5-7-19(29)8-6-17/h1-12,29H,13H2,(H,26,30,32)/b20-12+. The lowest BCUT2D eigenvalue weighted by molar-refractivity contribution is -0.384. The van der Waals surface area contributed by atoms with E-state index < -0.39 is 22.8 Å². The number of ether oxygens (including phenoxy) is 1. The highest BCUT2D eigenvalue weighted by atomic mass is 35.5. The molecule has 3 aromatic rings. The molecule has 35 heavy (non-hydrogen) atoms. The fourth-order valence-electron chi connectivity index (χ4n) is 3.33. The van der Waals surface area contributed by atoms with Gasteiger partial charge < -0.3 is 9.84 Å². The van der Waals surface area contributed by atoms with Crippen molar-refractivity contribution in [1.82, 2.24) is 5.32 Å². The molecule has 1 aliphatic rings. The maximum absolute atomic E-state index is 13.1. The first-order valence-electron chi connectivity index (χ1n) is 10.1. The van der Waals surface area contributed by atoms with Crippen LogP contribution in [0.2, 0.25) is 5.02 Å². The van der Waals surface area contributed by atoms with Crippen LogP contribution in [-0.2, 0) is 16.2 Å². The Morgan fingerprint density at radius 2 is 1.80 bits per heavy atom. The molecular weight excluding hydrogens is 478 g/mol. The number of amides is 4. The number of aromatic hydroxyl groups is 1. The van der Waals surface area contributed by atoms with Crippen molar-refractivity contribution in [3.63, 3.8) is 0 Å². The van der Waals surface area contributed by atoms with Crippen LogP contribution in [0.25, 0.3) is 6.08 Å². The largest absolute Gasteiger partial charge is 0.508 e. The van der Waals surface area contributed by atoms with Gasteiger partial charge in [0.1, 0.15) is 23.7 Å². The first-order valence-corrected chi connectivity index (χ1v) is 10.5. The maximum atomic E-state index is 13.1. The minimum Gasteiger partial charge on any atom is -0.508 e. The van der Waals surface area contributed by atoms with Crippen LogP contribution in [0.15, 0.2) is 72.3 Å².